The van der Waals surface area contributed by atoms with Crippen LogP contribution in [0.4, 0.5) is 0 Å². The van der Waals surface area contributed by atoms with Crippen molar-refractivity contribution in [3.63, 3.8) is 0 Å². The fourth-order valence-electron chi connectivity index (χ4n) is 1.34. The third-order valence-electron chi connectivity index (χ3n) is 2.41. The van der Waals surface area contributed by atoms with Crippen LogP contribution in [-0.4, -0.2) is 13.2 Å². The Hall–Kier alpha value is -1.18. The Morgan fingerprint density at radius 2 is 1.69 bits per heavy atom. The molecule has 70 valence electrons. The highest BCUT2D eigenvalue weighted by atomic mass is 16.5. The van der Waals surface area contributed by atoms with Crippen LogP contribution < -0.4 is 9.47 Å². The van der Waals surface area contributed by atoms with E-state index in [1.807, 2.05) is 24.3 Å². The molecule has 13 heavy (non-hydrogen) atoms. The van der Waals surface area contributed by atoms with E-state index in [4.69, 9.17) is 9.47 Å². The minimum Gasteiger partial charge on any atom is -0.497 e. The van der Waals surface area contributed by atoms with Gasteiger partial charge in [0, 0.05) is 0 Å². The summed E-state index contributed by atoms with van der Waals surface area (Å²) >= 11 is 0. The van der Waals surface area contributed by atoms with Crippen molar-refractivity contribution in [1.82, 2.24) is 0 Å². The summed E-state index contributed by atoms with van der Waals surface area (Å²) in [7, 11) is 1.67. The minimum atomic E-state index is 0.452. The summed E-state index contributed by atoms with van der Waals surface area (Å²) in [5.41, 5.74) is 0. The minimum absolute atomic E-state index is 0.452. The lowest BCUT2D eigenvalue weighted by molar-refractivity contribution is 0.120. The maximum Gasteiger partial charge on any atom is 0.119 e. The first-order chi connectivity index (χ1) is 6.38. The fourth-order valence-corrected chi connectivity index (χ4v) is 1.34. The molecule has 2 rings (SSSR count). The molecule has 0 spiro atoms. The SMILES string of the molecule is COc1ccc(OC2CCC2)cc1. The van der Waals surface area contributed by atoms with E-state index in [-0.39, 0.29) is 0 Å². The Bertz CT molecular complexity index is 262. The molecule has 0 aliphatic heterocycles. The second-order valence-electron chi connectivity index (χ2n) is 3.35. The zero-order valence-corrected chi connectivity index (χ0v) is 7.82. The number of ether oxygens (including phenoxy) is 2. The molecule has 1 aliphatic rings. The van der Waals surface area contributed by atoms with Gasteiger partial charge in [0.05, 0.1) is 13.2 Å². The van der Waals surface area contributed by atoms with E-state index < -0.39 is 0 Å². The highest BCUT2D eigenvalue weighted by molar-refractivity contribution is 5.31. The first kappa shape index (κ1) is 8.42. The summed E-state index contributed by atoms with van der Waals surface area (Å²) in [6, 6.07) is 7.76. The van der Waals surface area contributed by atoms with Gasteiger partial charge in [-0.1, -0.05) is 0 Å². The van der Waals surface area contributed by atoms with Gasteiger partial charge in [0.1, 0.15) is 11.5 Å². The van der Waals surface area contributed by atoms with E-state index >= 15 is 0 Å². The molecule has 0 heterocycles. The van der Waals surface area contributed by atoms with Crippen molar-refractivity contribution in [2.45, 2.75) is 25.4 Å². The summed E-state index contributed by atoms with van der Waals surface area (Å²) in [4.78, 5) is 0. The van der Waals surface area contributed by atoms with Crippen LogP contribution in [0.5, 0.6) is 11.5 Å². The maximum atomic E-state index is 5.69. The van der Waals surface area contributed by atoms with E-state index in [0.29, 0.717) is 6.10 Å². The summed E-state index contributed by atoms with van der Waals surface area (Å²) in [6.07, 6.45) is 4.16. The van der Waals surface area contributed by atoms with Gasteiger partial charge in [-0.15, -0.1) is 0 Å². The molecule has 0 saturated heterocycles. The number of methoxy groups -OCH3 is 1. The van der Waals surface area contributed by atoms with Gasteiger partial charge in [0.15, 0.2) is 0 Å². The van der Waals surface area contributed by atoms with E-state index in [2.05, 4.69) is 0 Å². The molecule has 1 aromatic carbocycles. The molecule has 2 nitrogen and oxygen atoms in total. The van der Waals surface area contributed by atoms with Crippen molar-refractivity contribution < 1.29 is 9.47 Å². The topological polar surface area (TPSA) is 18.5 Å². The van der Waals surface area contributed by atoms with Crippen molar-refractivity contribution in [3.05, 3.63) is 24.3 Å². The molecule has 0 atom stereocenters. The molecule has 0 amide bonds. The number of hydrogen-bond acceptors (Lipinski definition) is 2. The van der Waals surface area contributed by atoms with Gasteiger partial charge in [-0.25, -0.2) is 0 Å². The Morgan fingerprint density at radius 1 is 1.08 bits per heavy atom. The number of rotatable bonds is 3. The predicted octanol–water partition coefficient (Wildman–Crippen LogP) is 2.63. The third kappa shape index (κ3) is 1.94. The van der Waals surface area contributed by atoms with Crippen LogP contribution in [0.1, 0.15) is 19.3 Å². The third-order valence-corrected chi connectivity index (χ3v) is 2.41. The average molecular weight is 178 g/mol. The number of benzene rings is 1. The van der Waals surface area contributed by atoms with Crippen molar-refractivity contribution in [1.29, 1.82) is 0 Å². The van der Waals surface area contributed by atoms with Crippen molar-refractivity contribution >= 4 is 0 Å². The maximum absolute atomic E-state index is 5.69. The lowest BCUT2D eigenvalue weighted by Gasteiger charge is -2.26. The van der Waals surface area contributed by atoms with Crippen molar-refractivity contribution in [2.75, 3.05) is 7.11 Å². The molecule has 1 aromatic rings. The van der Waals surface area contributed by atoms with Crippen molar-refractivity contribution in [3.8, 4) is 11.5 Å². The highest BCUT2D eigenvalue weighted by Gasteiger charge is 2.18. The summed E-state index contributed by atoms with van der Waals surface area (Å²) in [5, 5.41) is 0. The molecule has 2 heteroatoms. The van der Waals surface area contributed by atoms with Crippen LogP contribution in [0, 0.1) is 0 Å². The zero-order chi connectivity index (χ0) is 9.10. The van der Waals surface area contributed by atoms with Gasteiger partial charge < -0.3 is 9.47 Å². The lowest BCUT2D eigenvalue weighted by Crippen LogP contribution is -2.24. The van der Waals surface area contributed by atoms with E-state index in [1.165, 1.54) is 19.3 Å². The molecule has 0 bridgehead atoms. The molecule has 0 N–H and O–H groups in total. The molecule has 1 saturated carbocycles. The van der Waals surface area contributed by atoms with Crippen LogP contribution in [-0.2, 0) is 0 Å². The zero-order valence-electron chi connectivity index (χ0n) is 7.82. The predicted molar refractivity (Wildman–Crippen MR) is 51.3 cm³/mol. The molecular weight excluding hydrogens is 164 g/mol. The molecule has 1 fully saturated rings. The van der Waals surface area contributed by atoms with Gasteiger partial charge >= 0.3 is 0 Å². The summed E-state index contributed by atoms with van der Waals surface area (Å²) in [6.45, 7) is 0. The Kier molecular flexibility index (Phi) is 2.39. The van der Waals surface area contributed by atoms with Crippen LogP contribution in [0.3, 0.4) is 0 Å². The van der Waals surface area contributed by atoms with E-state index in [9.17, 15) is 0 Å². The first-order valence-electron chi connectivity index (χ1n) is 4.69. The monoisotopic (exact) mass is 178 g/mol. The summed E-state index contributed by atoms with van der Waals surface area (Å²) < 4.78 is 10.8. The van der Waals surface area contributed by atoms with Crippen LogP contribution in [0.15, 0.2) is 24.3 Å². The van der Waals surface area contributed by atoms with E-state index in [0.717, 1.165) is 11.5 Å². The molecule has 0 aromatic heterocycles. The van der Waals surface area contributed by atoms with Gasteiger partial charge in [0.25, 0.3) is 0 Å². The lowest BCUT2D eigenvalue weighted by atomic mass is 9.96. The van der Waals surface area contributed by atoms with Crippen molar-refractivity contribution in [2.24, 2.45) is 0 Å². The Labute approximate surface area is 78.5 Å². The smallest absolute Gasteiger partial charge is 0.119 e. The molecular formula is C11H14O2. The molecule has 0 radical (unpaired) electrons. The van der Waals surface area contributed by atoms with Gasteiger partial charge in [0.2, 0.25) is 0 Å². The quantitative estimate of drug-likeness (QED) is 0.708. The fraction of sp³-hybridized carbons (Fsp3) is 0.455. The second kappa shape index (κ2) is 3.69. The number of hydrogen-bond donors (Lipinski definition) is 0. The largest absolute Gasteiger partial charge is 0.497 e. The van der Waals surface area contributed by atoms with Gasteiger partial charge in [-0.2, -0.15) is 0 Å². The van der Waals surface area contributed by atoms with Crippen LogP contribution in [0.25, 0.3) is 0 Å². The first-order valence-corrected chi connectivity index (χ1v) is 4.69. The van der Waals surface area contributed by atoms with Gasteiger partial charge in [-0.3, -0.25) is 0 Å². The Balaban J connectivity index is 1.96. The Morgan fingerprint density at radius 3 is 2.15 bits per heavy atom. The van der Waals surface area contributed by atoms with Crippen LogP contribution in [0.2, 0.25) is 0 Å². The van der Waals surface area contributed by atoms with Gasteiger partial charge in [-0.05, 0) is 43.5 Å². The highest BCUT2D eigenvalue weighted by Crippen LogP contribution is 2.26. The van der Waals surface area contributed by atoms with E-state index in [1.54, 1.807) is 7.11 Å². The normalized spacial score (nSPS) is 16.4. The standard InChI is InChI=1S/C11H14O2/c1-12-9-5-7-11(8-6-9)13-10-3-2-4-10/h5-8,10H,2-4H2,1H3. The van der Waals surface area contributed by atoms with Crippen LogP contribution >= 0.6 is 0 Å². The summed E-state index contributed by atoms with van der Waals surface area (Å²) in [5.74, 6) is 1.83. The average Bonchev–Trinajstić information content (AvgIpc) is 2.12. The molecule has 1 aliphatic carbocycles. The molecule has 0 unspecified atom stereocenters. The second-order valence-corrected chi connectivity index (χ2v) is 3.35.